The van der Waals surface area contributed by atoms with E-state index >= 15 is 0 Å². The third-order valence-corrected chi connectivity index (χ3v) is 2.58. The van der Waals surface area contributed by atoms with Crippen LogP contribution in [0.1, 0.15) is 0 Å². The molecule has 0 aliphatic carbocycles. The van der Waals surface area contributed by atoms with Crippen molar-refractivity contribution in [2.24, 2.45) is 0 Å². The molecule has 0 bridgehead atoms. The van der Waals surface area contributed by atoms with Gasteiger partial charge >= 0.3 is 0 Å². The number of rotatable bonds is 1. The second-order valence-electron chi connectivity index (χ2n) is 3.11. The molecule has 0 nitrogen and oxygen atoms in total. The minimum absolute atomic E-state index is 0.274. The van der Waals surface area contributed by atoms with E-state index in [1.165, 1.54) is 6.07 Å². The Morgan fingerprint density at radius 1 is 0.933 bits per heavy atom. The maximum atomic E-state index is 13.4. The van der Waals surface area contributed by atoms with Gasteiger partial charge in [0.05, 0.1) is 0 Å². The molecule has 15 heavy (non-hydrogen) atoms. The molecule has 0 aromatic heterocycles. The molecule has 0 saturated carbocycles. The second-order valence-corrected chi connectivity index (χ2v) is 4.03. The molecular formula is C12H7BrF2. The molecule has 0 atom stereocenters. The standard InChI is InChI=1S/C12H7BrF2/c13-9-4-1-3-8(7-9)10-5-2-6-11(14)12(10)15/h1-7H. The number of hydrogen-bond acceptors (Lipinski definition) is 0. The van der Waals surface area contributed by atoms with Crippen LogP contribution in [0.2, 0.25) is 0 Å². The first kappa shape index (κ1) is 10.3. The van der Waals surface area contributed by atoms with Crippen molar-refractivity contribution in [3.05, 3.63) is 58.6 Å². The minimum atomic E-state index is -0.826. The average molecular weight is 269 g/mol. The van der Waals surface area contributed by atoms with Gasteiger partial charge in [0, 0.05) is 10.0 Å². The highest BCUT2D eigenvalue weighted by atomic mass is 79.9. The monoisotopic (exact) mass is 268 g/mol. The highest BCUT2D eigenvalue weighted by Crippen LogP contribution is 2.26. The Morgan fingerprint density at radius 3 is 2.40 bits per heavy atom. The first-order valence-electron chi connectivity index (χ1n) is 4.38. The molecule has 0 aliphatic heterocycles. The van der Waals surface area contributed by atoms with Gasteiger partial charge in [-0.05, 0) is 23.8 Å². The SMILES string of the molecule is Fc1cccc(-c2cccc(Br)c2)c1F. The Morgan fingerprint density at radius 2 is 1.67 bits per heavy atom. The lowest BCUT2D eigenvalue weighted by Crippen LogP contribution is -1.88. The summed E-state index contributed by atoms with van der Waals surface area (Å²) >= 11 is 3.29. The molecule has 0 saturated heterocycles. The van der Waals surface area contributed by atoms with Crippen LogP contribution in [0.25, 0.3) is 11.1 Å². The predicted molar refractivity (Wildman–Crippen MR) is 59.5 cm³/mol. The first-order chi connectivity index (χ1) is 7.18. The lowest BCUT2D eigenvalue weighted by atomic mass is 10.1. The van der Waals surface area contributed by atoms with Crippen LogP contribution in [0.15, 0.2) is 46.9 Å². The zero-order chi connectivity index (χ0) is 10.8. The molecule has 0 radical (unpaired) electrons. The predicted octanol–water partition coefficient (Wildman–Crippen LogP) is 4.39. The van der Waals surface area contributed by atoms with Crippen LogP contribution >= 0.6 is 15.9 Å². The van der Waals surface area contributed by atoms with Crippen molar-refractivity contribution < 1.29 is 8.78 Å². The normalized spacial score (nSPS) is 10.3. The van der Waals surface area contributed by atoms with Gasteiger partial charge in [-0.2, -0.15) is 0 Å². The van der Waals surface area contributed by atoms with Gasteiger partial charge in [-0.25, -0.2) is 8.78 Å². The maximum absolute atomic E-state index is 13.4. The molecule has 2 aromatic rings. The van der Waals surface area contributed by atoms with Crippen LogP contribution in [0.4, 0.5) is 8.78 Å². The third kappa shape index (κ3) is 2.07. The zero-order valence-corrected chi connectivity index (χ0v) is 9.26. The minimum Gasteiger partial charge on any atom is -0.204 e. The van der Waals surface area contributed by atoms with E-state index in [-0.39, 0.29) is 5.56 Å². The molecule has 3 heteroatoms. The average Bonchev–Trinajstić information content (AvgIpc) is 2.22. The molecule has 0 spiro atoms. The van der Waals surface area contributed by atoms with E-state index in [1.54, 1.807) is 24.3 Å². The molecule has 2 rings (SSSR count). The van der Waals surface area contributed by atoms with E-state index in [9.17, 15) is 8.78 Å². The van der Waals surface area contributed by atoms with E-state index in [0.717, 1.165) is 10.5 Å². The highest BCUT2D eigenvalue weighted by molar-refractivity contribution is 9.10. The maximum Gasteiger partial charge on any atom is 0.166 e. The lowest BCUT2D eigenvalue weighted by molar-refractivity contribution is 0.511. The summed E-state index contributed by atoms with van der Waals surface area (Å²) in [4.78, 5) is 0. The van der Waals surface area contributed by atoms with E-state index in [2.05, 4.69) is 15.9 Å². The summed E-state index contributed by atoms with van der Waals surface area (Å²) in [5, 5.41) is 0. The molecule has 0 aliphatic rings. The van der Waals surface area contributed by atoms with E-state index in [1.807, 2.05) is 6.07 Å². The second kappa shape index (κ2) is 4.11. The van der Waals surface area contributed by atoms with Gasteiger partial charge in [-0.1, -0.05) is 40.2 Å². The Bertz CT molecular complexity index is 495. The van der Waals surface area contributed by atoms with Crippen molar-refractivity contribution in [2.75, 3.05) is 0 Å². The van der Waals surface area contributed by atoms with Gasteiger partial charge in [-0.3, -0.25) is 0 Å². The summed E-state index contributed by atoms with van der Waals surface area (Å²) in [6.45, 7) is 0. The largest absolute Gasteiger partial charge is 0.204 e. The van der Waals surface area contributed by atoms with Crippen LogP contribution in [-0.4, -0.2) is 0 Å². The van der Waals surface area contributed by atoms with Crippen LogP contribution in [0.3, 0.4) is 0 Å². The van der Waals surface area contributed by atoms with Gasteiger partial charge in [0.1, 0.15) is 0 Å². The van der Waals surface area contributed by atoms with Crippen LogP contribution < -0.4 is 0 Å². The smallest absolute Gasteiger partial charge is 0.166 e. The summed E-state index contributed by atoms with van der Waals surface area (Å²) in [6, 6.07) is 11.3. The molecule has 2 aromatic carbocycles. The van der Waals surface area contributed by atoms with Crippen LogP contribution in [-0.2, 0) is 0 Å². The summed E-state index contributed by atoms with van der Waals surface area (Å²) in [5.74, 6) is -1.64. The quantitative estimate of drug-likeness (QED) is 0.720. The van der Waals surface area contributed by atoms with Gasteiger partial charge in [0.25, 0.3) is 0 Å². The van der Waals surface area contributed by atoms with Crippen molar-refractivity contribution in [3.63, 3.8) is 0 Å². The Kier molecular flexibility index (Phi) is 2.82. The molecule has 0 heterocycles. The van der Waals surface area contributed by atoms with E-state index < -0.39 is 11.6 Å². The molecule has 0 amide bonds. The Balaban J connectivity index is 2.59. The summed E-state index contributed by atoms with van der Waals surface area (Å²) in [6.07, 6.45) is 0. The van der Waals surface area contributed by atoms with Crippen molar-refractivity contribution in [1.82, 2.24) is 0 Å². The topological polar surface area (TPSA) is 0 Å². The van der Waals surface area contributed by atoms with Crippen molar-refractivity contribution in [2.45, 2.75) is 0 Å². The Hall–Kier alpha value is -1.22. The Labute approximate surface area is 94.7 Å². The number of halogens is 3. The van der Waals surface area contributed by atoms with Crippen LogP contribution in [0.5, 0.6) is 0 Å². The summed E-state index contributed by atoms with van der Waals surface area (Å²) in [7, 11) is 0. The summed E-state index contributed by atoms with van der Waals surface area (Å²) < 4.78 is 27.2. The van der Waals surface area contributed by atoms with Gasteiger partial charge in [0.2, 0.25) is 0 Å². The zero-order valence-electron chi connectivity index (χ0n) is 7.68. The molecule has 0 unspecified atom stereocenters. The molecule has 0 fully saturated rings. The fraction of sp³-hybridized carbons (Fsp3) is 0. The molecular weight excluding hydrogens is 262 g/mol. The van der Waals surface area contributed by atoms with Gasteiger partial charge in [0.15, 0.2) is 11.6 Å². The molecule has 0 N–H and O–H groups in total. The number of hydrogen-bond donors (Lipinski definition) is 0. The van der Waals surface area contributed by atoms with Crippen LogP contribution in [0, 0.1) is 11.6 Å². The first-order valence-corrected chi connectivity index (χ1v) is 5.18. The van der Waals surface area contributed by atoms with E-state index in [4.69, 9.17) is 0 Å². The van der Waals surface area contributed by atoms with Crippen molar-refractivity contribution in [3.8, 4) is 11.1 Å². The van der Waals surface area contributed by atoms with E-state index in [0.29, 0.717) is 5.56 Å². The number of benzene rings is 2. The highest BCUT2D eigenvalue weighted by Gasteiger charge is 2.09. The summed E-state index contributed by atoms with van der Waals surface area (Å²) in [5.41, 5.74) is 0.928. The molecule has 76 valence electrons. The van der Waals surface area contributed by atoms with Gasteiger partial charge < -0.3 is 0 Å². The van der Waals surface area contributed by atoms with Gasteiger partial charge in [-0.15, -0.1) is 0 Å². The fourth-order valence-corrected chi connectivity index (χ4v) is 1.78. The fourth-order valence-electron chi connectivity index (χ4n) is 1.38. The lowest BCUT2D eigenvalue weighted by Gasteiger charge is -2.04. The van der Waals surface area contributed by atoms with Crippen molar-refractivity contribution in [1.29, 1.82) is 0 Å². The van der Waals surface area contributed by atoms with Crippen molar-refractivity contribution >= 4 is 15.9 Å². The third-order valence-electron chi connectivity index (χ3n) is 2.09.